The number of carboxylic acid groups (broad SMARTS) is 1. The van der Waals surface area contributed by atoms with Crippen molar-refractivity contribution in [3.63, 3.8) is 0 Å². The first-order chi connectivity index (χ1) is 50.8. The van der Waals surface area contributed by atoms with Crippen LogP contribution in [0.3, 0.4) is 0 Å². The molecule has 618 valence electrons. The van der Waals surface area contributed by atoms with Crippen LogP contribution in [0, 0.1) is 30.3 Å². The van der Waals surface area contributed by atoms with Gasteiger partial charge in [-0.2, -0.15) is 0 Å². The molecule has 112 heavy (non-hydrogen) atoms. The molecule has 0 radical (unpaired) electrons. The molecule has 0 bridgehead atoms. The van der Waals surface area contributed by atoms with Gasteiger partial charge in [0.2, 0.25) is 25.0 Å². The van der Waals surface area contributed by atoms with Crippen LogP contribution in [0.4, 0.5) is 34.1 Å². The van der Waals surface area contributed by atoms with Crippen LogP contribution in [-0.4, -0.2) is 222 Å². The van der Waals surface area contributed by atoms with E-state index in [0.717, 1.165) is 45.6 Å². The Bertz CT molecular complexity index is 3900. The Labute approximate surface area is 674 Å². The van der Waals surface area contributed by atoms with Gasteiger partial charge in [0.25, 0.3) is 17.1 Å². The second-order valence-corrected chi connectivity index (χ2v) is 44.6. The van der Waals surface area contributed by atoms with Gasteiger partial charge in [-0.3, -0.25) is 44.7 Å². The Kier molecular flexibility index (Phi) is 35.8. The third kappa shape index (κ3) is 25.5. The number of hydrogen-bond acceptors (Lipinski definition) is 33. The molecule has 4 aromatic rings. The van der Waals surface area contributed by atoms with Crippen molar-refractivity contribution in [2.24, 2.45) is 0 Å². The summed E-state index contributed by atoms with van der Waals surface area (Å²) in [5.74, 6) is -5.29. The molecule has 3 fully saturated rings. The van der Waals surface area contributed by atoms with Crippen LogP contribution in [0.2, 0.25) is 54.4 Å². The molecule has 3 saturated heterocycles. The number of benzene rings is 4. The number of carbonyl (C=O) groups excluding carboxylic acids is 5. The fraction of sp³-hybridized carbons (Fsp3) is 0.577. The summed E-state index contributed by atoms with van der Waals surface area (Å²) in [5, 5.41) is 79.5. The van der Waals surface area contributed by atoms with E-state index in [1.165, 1.54) is 56.6 Å². The molecule has 3 aliphatic rings. The molecule has 7 rings (SSSR count). The predicted molar refractivity (Wildman–Crippen MR) is 405 cm³/mol. The number of carbonyl (C=O) groups is 6. The molecule has 15 unspecified atom stereocenters. The van der Waals surface area contributed by atoms with Gasteiger partial charge < -0.3 is 107 Å². The van der Waals surface area contributed by atoms with Gasteiger partial charge in [-0.05, 0) is 78.2 Å². The van der Waals surface area contributed by atoms with E-state index in [1.54, 1.807) is 7.05 Å². The summed E-state index contributed by atoms with van der Waals surface area (Å²) < 4.78 is 83.4. The number of carboxylic acids is 1. The summed E-state index contributed by atoms with van der Waals surface area (Å²) in [4.78, 5) is 105. The largest absolute Gasteiger partial charge is 1.00 e. The van der Waals surface area contributed by atoms with Crippen molar-refractivity contribution in [2.45, 2.75) is 236 Å². The van der Waals surface area contributed by atoms with Gasteiger partial charge in [0.05, 0.1) is 38.9 Å². The SMILES string of the molecule is CNc1cc([N+](=O)[O-])ccc1OC1OC(C(=O)O)C(O)C(O)C1O.CNc1cc([N+](=O)[O-])ccc1OC1OC(C(=O)OC)C(OC(C)=O)C(OC(C)=O)C1OC(C)=O.CNc1cc([N+](=O)[O-])ccc1OC1OC(C(=O)OCc2ccccc2)C(O[Si](C)(C)C(C)(C)C)C(O[Si](C)(C)C(C)(C)C)C1O[Si](C)(C)C(C)(C)C.[Na+].[OH-]. The molecule has 41 heteroatoms. The number of methoxy groups -OCH3 is 1. The van der Waals surface area contributed by atoms with Gasteiger partial charge in [-0.15, -0.1) is 0 Å². The first-order valence-electron chi connectivity index (χ1n) is 34.8. The van der Waals surface area contributed by atoms with Gasteiger partial charge in [-0.1, -0.05) is 92.6 Å². The Morgan fingerprint density at radius 2 is 0.804 bits per heavy atom. The quantitative estimate of drug-likeness (QED) is 0.0123. The van der Waals surface area contributed by atoms with Crippen LogP contribution >= 0.6 is 0 Å². The number of nitro groups is 3. The molecule has 4 aromatic carbocycles. The van der Waals surface area contributed by atoms with E-state index in [9.17, 15) is 74.4 Å². The number of aliphatic hydroxyl groups is 3. The summed E-state index contributed by atoms with van der Waals surface area (Å²) >= 11 is 0. The van der Waals surface area contributed by atoms with Gasteiger partial charge in [0, 0.05) is 78.3 Å². The molecule has 8 N–H and O–H groups in total. The van der Waals surface area contributed by atoms with Crippen molar-refractivity contribution < 1.29 is 164 Å². The molecule has 0 saturated carbocycles. The summed E-state index contributed by atoms with van der Waals surface area (Å²) in [6.45, 7) is 35.6. The minimum atomic E-state index is -2.59. The third-order valence-corrected chi connectivity index (χ3v) is 32.8. The number of rotatable bonds is 26. The monoisotopic (exact) mass is 1640 g/mol. The average molecular weight is 1650 g/mol. The minimum absolute atomic E-state index is 0. The second-order valence-electron chi connectivity index (χ2n) is 30.4. The van der Waals surface area contributed by atoms with Crippen LogP contribution < -0.4 is 59.7 Å². The zero-order valence-corrected chi connectivity index (χ0v) is 72.1. The minimum Gasteiger partial charge on any atom is -0.870 e. The molecule has 15 atom stereocenters. The number of hydrogen-bond donors (Lipinski definition) is 7. The molecule has 3 aliphatic heterocycles. The van der Waals surface area contributed by atoms with E-state index in [-0.39, 0.29) is 96.7 Å². The Hall–Kier alpha value is -8.05. The number of aliphatic carboxylic acids is 1. The number of non-ortho nitro benzene ring substituents is 3. The Morgan fingerprint density at radius 1 is 0.464 bits per heavy atom. The summed E-state index contributed by atoms with van der Waals surface area (Å²) in [6.07, 6.45) is -21.5. The van der Waals surface area contributed by atoms with E-state index < -0.39 is 168 Å². The number of ether oxygens (including phenoxy) is 11. The van der Waals surface area contributed by atoms with Crippen LogP contribution in [0.15, 0.2) is 84.9 Å². The van der Waals surface area contributed by atoms with Crippen molar-refractivity contribution in [1.29, 1.82) is 0 Å². The maximum absolute atomic E-state index is 14.4. The number of anilines is 3. The summed E-state index contributed by atoms with van der Waals surface area (Å²) in [7, 11) is -2.10. The van der Waals surface area contributed by atoms with Crippen LogP contribution in [0.1, 0.15) is 88.6 Å². The van der Waals surface area contributed by atoms with Gasteiger partial charge in [-0.25, -0.2) is 14.4 Å². The zero-order chi connectivity index (χ0) is 83.3. The zero-order valence-electron chi connectivity index (χ0n) is 67.1. The number of esters is 5. The van der Waals surface area contributed by atoms with Crippen molar-refractivity contribution in [3.8, 4) is 17.2 Å². The Morgan fingerprint density at radius 3 is 1.16 bits per heavy atom. The van der Waals surface area contributed by atoms with Crippen molar-refractivity contribution in [2.75, 3.05) is 44.2 Å². The first kappa shape index (κ1) is 98.1. The standard InChI is InChI=1S/C38H64N2O9Si3.C20H24N2O12.C13H16N2O9.Na.H2O/c1-36(2,3)50(11,12)47-30-31(48-51(13,14)37(4,5)6)33(49-52(15,16)38(7,8)9)35(45-29-23-22-27(40(42)43)24-28(29)39-10)46-32(30)34(41)44-25-26-20-18-17-19-21-26;1-9(23)30-15-16(31-10(2)24)18(32-11(3)25)20(34-17(15)19(26)29-5)33-14-7-6-12(22(27)28)8-13(14)21-4;1-14-6-4-5(15(21)22)2-3-7(6)23-13-10(18)8(16)9(17)11(24-13)12(19)20;;/h17-24,30-33,35,39H,25H2,1-16H3;6-8,15-18,20-21H,1-5H3;2-4,8-11,13-14,16-18H,1H3,(H,19,20);;1H2/q;;;+1;/p-1. The smallest absolute Gasteiger partial charge is 0.870 e. The van der Waals surface area contributed by atoms with Crippen LogP contribution in [0.5, 0.6) is 17.2 Å². The predicted octanol–water partition coefficient (Wildman–Crippen LogP) is 6.10. The molecule has 3 heterocycles. The van der Waals surface area contributed by atoms with Crippen molar-refractivity contribution in [3.05, 3.63) is 121 Å². The van der Waals surface area contributed by atoms with Gasteiger partial charge in [0.15, 0.2) is 55.5 Å². The third-order valence-electron chi connectivity index (χ3n) is 19.4. The van der Waals surface area contributed by atoms with Crippen LogP contribution in [0.25, 0.3) is 0 Å². The van der Waals surface area contributed by atoms with Gasteiger partial charge in [0.1, 0.15) is 60.5 Å². The van der Waals surface area contributed by atoms with Crippen molar-refractivity contribution >= 4 is 94.9 Å². The molecular formula is C71H105N6NaO31Si3. The van der Waals surface area contributed by atoms with E-state index in [2.05, 4.69) is 118 Å². The fourth-order valence-corrected chi connectivity index (χ4v) is 14.2. The number of nitrogens with zero attached hydrogens (tertiary/aromatic N) is 3. The van der Waals surface area contributed by atoms with E-state index >= 15 is 0 Å². The van der Waals surface area contributed by atoms with Crippen LogP contribution in [-0.2, 0) is 86.5 Å². The molecular weight excluding hydrogens is 1540 g/mol. The molecule has 0 spiro atoms. The van der Waals surface area contributed by atoms with E-state index in [0.29, 0.717) is 11.4 Å². The summed E-state index contributed by atoms with van der Waals surface area (Å²) in [5.41, 5.74) is 1.02. The Balaban J connectivity index is 0.000000465. The topological polar surface area (TPSA) is 508 Å². The number of aliphatic hydroxyl groups excluding tert-OH is 3. The number of nitrogens with one attached hydrogen (secondary N) is 3. The van der Waals surface area contributed by atoms with Gasteiger partial charge >= 0.3 is 65.4 Å². The molecule has 0 aromatic heterocycles. The second kappa shape index (κ2) is 40.8. The maximum atomic E-state index is 14.4. The molecule has 0 amide bonds. The van der Waals surface area contributed by atoms with E-state index in [1.807, 2.05) is 30.3 Å². The van der Waals surface area contributed by atoms with E-state index in [4.69, 9.17) is 70.5 Å². The number of nitro benzene ring substituents is 3. The summed E-state index contributed by atoms with van der Waals surface area (Å²) in [6, 6.07) is 20.9. The normalized spacial score (nSPS) is 23.8. The maximum Gasteiger partial charge on any atom is 1.00 e. The molecule has 0 aliphatic carbocycles. The first-order valence-corrected chi connectivity index (χ1v) is 43.5. The van der Waals surface area contributed by atoms with Crippen molar-refractivity contribution in [1.82, 2.24) is 0 Å². The molecule has 37 nitrogen and oxygen atoms in total. The average Bonchev–Trinajstić information content (AvgIpc) is 0.749. The fourth-order valence-electron chi connectivity index (χ4n) is 10.3.